The van der Waals surface area contributed by atoms with Crippen LogP contribution in [0.1, 0.15) is 12.1 Å². The number of benzene rings is 1. The molecule has 0 aliphatic carbocycles. The maximum absolute atomic E-state index is 13.8. The highest BCUT2D eigenvalue weighted by Gasteiger charge is 2.25. The molecule has 3 heterocycles. The fraction of sp³-hybridized carbons (Fsp3) is 0.211. The summed E-state index contributed by atoms with van der Waals surface area (Å²) in [6, 6.07) is 7.48. The number of hydrogen-bond donors (Lipinski definition) is 3. The first-order valence-electron chi connectivity index (χ1n) is 8.76. The largest absolute Gasteiger partial charge is 0.354 e. The lowest BCUT2D eigenvalue weighted by Gasteiger charge is -2.12. The second kappa shape index (κ2) is 7.26. The third-order valence-corrected chi connectivity index (χ3v) is 4.57. The van der Waals surface area contributed by atoms with E-state index in [0.29, 0.717) is 35.6 Å². The summed E-state index contributed by atoms with van der Waals surface area (Å²) in [4.78, 5) is 28.2. The van der Waals surface area contributed by atoms with Crippen molar-refractivity contribution in [1.29, 1.82) is 0 Å². The van der Waals surface area contributed by atoms with Gasteiger partial charge in [0.05, 0.1) is 17.9 Å². The van der Waals surface area contributed by atoms with Crippen LogP contribution in [0.15, 0.2) is 42.6 Å². The minimum absolute atomic E-state index is 0.0392. The quantitative estimate of drug-likeness (QED) is 0.642. The van der Waals surface area contributed by atoms with Crippen molar-refractivity contribution in [2.45, 2.75) is 19.0 Å². The van der Waals surface area contributed by atoms with Gasteiger partial charge in [0, 0.05) is 18.3 Å². The number of aromatic nitrogens is 2. The Balaban J connectivity index is 1.61. The van der Waals surface area contributed by atoms with Crippen LogP contribution in [0.25, 0.3) is 16.9 Å². The van der Waals surface area contributed by atoms with Gasteiger partial charge in [-0.25, -0.2) is 18.6 Å². The van der Waals surface area contributed by atoms with E-state index in [4.69, 9.17) is 0 Å². The third kappa shape index (κ3) is 3.51. The Bertz CT molecular complexity index is 1050. The van der Waals surface area contributed by atoms with Crippen molar-refractivity contribution in [2.75, 3.05) is 6.54 Å². The molecule has 1 saturated heterocycles. The maximum Gasteiger partial charge on any atom is 0.315 e. The van der Waals surface area contributed by atoms with E-state index in [9.17, 15) is 18.4 Å². The molecule has 0 radical (unpaired) electrons. The van der Waals surface area contributed by atoms with Crippen molar-refractivity contribution in [2.24, 2.45) is 0 Å². The van der Waals surface area contributed by atoms with Crippen LogP contribution in [-0.2, 0) is 11.3 Å². The molecule has 1 aromatic carbocycles. The first-order chi connectivity index (χ1) is 13.5. The number of pyridine rings is 1. The van der Waals surface area contributed by atoms with Gasteiger partial charge in [-0.2, -0.15) is 0 Å². The van der Waals surface area contributed by atoms with E-state index in [2.05, 4.69) is 20.9 Å². The summed E-state index contributed by atoms with van der Waals surface area (Å²) in [5.41, 5.74) is 2.17. The van der Waals surface area contributed by atoms with Gasteiger partial charge >= 0.3 is 6.03 Å². The highest BCUT2D eigenvalue weighted by atomic mass is 19.1. The number of carbonyl (C=O) groups is 2. The number of nitrogens with zero attached hydrogens (tertiary/aromatic N) is 2. The smallest absolute Gasteiger partial charge is 0.315 e. The molecule has 1 unspecified atom stereocenters. The van der Waals surface area contributed by atoms with Crippen molar-refractivity contribution >= 4 is 17.6 Å². The molecule has 0 bridgehead atoms. The highest BCUT2D eigenvalue weighted by Crippen LogP contribution is 2.25. The molecule has 1 fully saturated rings. The van der Waals surface area contributed by atoms with E-state index >= 15 is 0 Å². The Morgan fingerprint density at radius 1 is 1.18 bits per heavy atom. The number of amides is 3. The van der Waals surface area contributed by atoms with E-state index in [-0.39, 0.29) is 18.3 Å². The number of hydrogen-bond acceptors (Lipinski definition) is 3. The zero-order valence-electron chi connectivity index (χ0n) is 14.7. The zero-order valence-corrected chi connectivity index (χ0v) is 14.7. The summed E-state index contributed by atoms with van der Waals surface area (Å²) in [6.45, 7) is 0.558. The minimum Gasteiger partial charge on any atom is -0.354 e. The van der Waals surface area contributed by atoms with Gasteiger partial charge in [-0.15, -0.1) is 0 Å². The number of imidazole rings is 1. The normalized spacial score (nSPS) is 16.2. The van der Waals surface area contributed by atoms with Crippen LogP contribution in [0.4, 0.5) is 13.6 Å². The molecule has 3 N–H and O–H groups in total. The van der Waals surface area contributed by atoms with Crippen LogP contribution in [0.2, 0.25) is 0 Å². The Hall–Kier alpha value is -3.49. The Kier molecular flexibility index (Phi) is 4.64. The molecule has 3 amide bonds. The summed E-state index contributed by atoms with van der Waals surface area (Å²) in [5.74, 6) is -1.06. The highest BCUT2D eigenvalue weighted by molar-refractivity contribution is 5.88. The van der Waals surface area contributed by atoms with Gasteiger partial charge in [0.2, 0.25) is 5.91 Å². The molecular weight excluding hydrogens is 368 g/mol. The third-order valence-electron chi connectivity index (χ3n) is 4.57. The Morgan fingerprint density at radius 2 is 1.93 bits per heavy atom. The second-order valence-electron chi connectivity index (χ2n) is 6.45. The first kappa shape index (κ1) is 17.9. The maximum atomic E-state index is 13.8. The van der Waals surface area contributed by atoms with Crippen molar-refractivity contribution in [3.63, 3.8) is 0 Å². The molecule has 144 valence electrons. The average molecular weight is 385 g/mol. The monoisotopic (exact) mass is 385 g/mol. The molecule has 9 heteroatoms. The summed E-state index contributed by atoms with van der Waals surface area (Å²) < 4.78 is 28.6. The SMILES string of the molecule is O=C(NCc1c(-c2ccc(F)cc2)nc2ccc(F)cn12)NC1CCNC1=O. The topological polar surface area (TPSA) is 87.5 Å². The van der Waals surface area contributed by atoms with E-state index in [1.807, 2.05) is 0 Å². The van der Waals surface area contributed by atoms with Gasteiger partial charge in [-0.1, -0.05) is 0 Å². The van der Waals surface area contributed by atoms with Crippen LogP contribution in [0.5, 0.6) is 0 Å². The number of carbonyl (C=O) groups excluding carboxylic acids is 2. The summed E-state index contributed by atoms with van der Waals surface area (Å²) >= 11 is 0. The van der Waals surface area contributed by atoms with Crippen molar-refractivity contribution in [3.8, 4) is 11.3 Å². The molecule has 2 aromatic heterocycles. The van der Waals surface area contributed by atoms with Crippen LogP contribution in [0.3, 0.4) is 0 Å². The fourth-order valence-electron chi connectivity index (χ4n) is 3.18. The van der Waals surface area contributed by atoms with Gasteiger partial charge in [0.15, 0.2) is 0 Å². The molecule has 4 rings (SSSR count). The molecule has 7 nitrogen and oxygen atoms in total. The first-order valence-corrected chi connectivity index (χ1v) is 8.76. The van der Waals surface area contributed by atoms with Crippen LogP contribution in [0, 0.1) is 11.6 Å². The number of halogens is 2. The van der Waals surface area contributed by atoms with Gasteiger partial charge in [0.1, 0.15) is 23.3 Å². The van der Waals surface area contributed by atoms with Gasteiger partial charge < -0.3 is 16.0 Å². The van der Waals surface area contributed by atoms with Crippen LogP contribution in [-0.4, -0.2) is 33.9 Å². The van der Waals surface area contributed by atoms with Crippen molar-refractivity contribution in [3.05, 3.63) is 59.9 Å². The van der Waals surface area contributed by atoms with E-state index in [1.54, 1.807) is 12.1 Å². The molecule has 0 saturated carbocycles. The predicted octanol–water partition coefficient (Wildman–Crippen LogP) is 1.97. The molecule has 1 aliphatic heterocycles. The summed E-state index contributed by atoms with van der Waals surface area (Å²) in [7, 11) is 0. The van der Waals surface area contributed by atoms with Crippen molar-refractivity contribution in [1.82, 2.24) is 25.3 Å². The fourth-order valence-corrected chi connectivity index (χ4v) is 3.18. The lowest BCUT2D eigenvalue weighted by atomic mass is 10.1. The molecule has 1 atom stereocenters. The van der Waals surface area contributed by atoms with Crippen LogP contribution >= 0.6 is 0 Å². The molecule has 3 aromatic rings. The summed E-state index contributed by atoms with van der Waals surface area (Å²) in [6.07, 6.45) is 1.79. The van der Waals surface area contributed by atoms with E-state index in [1.165, 1.54) is 34.9 Å². The number of fused-ring (bicyclic) bond motifs is 1. The predicted molar refractivity (Wildman–Crippen MR) is 97.3 cm³/mol. The molecule has 28 heavy (non-hydrogen) atoms. The van der Waals surface area contributed by atoms with Crippen molar-refractivity contribution < 1.29 is 18.4 Å². The number of rotatable bonds is 4. The Morgan fingerprint density at radius 3 is 2.64 bits per heavy atom. The van der Waals surface area contributed by atoms with Crippen LogP contribution < -0.4 is 16.0 Å². The lowest BCUT2D eigenvalue weighted by Crippen LogP contribution is -2.45. The molecule has 0 spiro atoms. The van der Waals surface area contributed by atoms with E-state index in [0.717, 1.165) is 0 Å². The van der Waals surface area contributed by atoms with Gasteiger partial charge in [-0.3, -0.25) is 9.20 Å². The number of urea groups is 1. The van der Waals surface area contributed by atoms with E-state index < -0.39 is 17.9 Å². The standard InChI is InChI=1S/C19H17F2N5O2/c20-12-3-1-11(2-4-12)17-15(26-10-13(21)5-6-16(26)25-17)9-23-19(28)24-14-7-8-22-18(14)27/h1-6,10,14H,7-9H2,(H,22,27)(H2,23,24,28). The number of nitrogens with one attached hydrogen (secondary N) is 3. The molecular formula is C19H17F2N5O2. The lowest BCUT2D eigenvalue weighted by molar-refractivity contribution is -0.120. The second-order valence-corrected chi connectivity index (χ2v) is 6.45. The Labute approximate surface area is 158 Å². The van der Waals surface area contributed by atoms with Gasteiger partial charge in [-0.05, 0) is 42.8 Å². The zero-order chi connectivity index (χ0) is 19.7. The minimum atomic E-state index is -0.573. The summed E-state index contributed by atoms with van der Waals surface area (Å²) in [5, 5.41) is 7.92. The average Bonchev–Trinajstić information content (AvgIpc) is 3.24. The molecule has 1 aliphatic rings. The van der Waals surface area contributed by atoms with Gasteiger partial charge in [0.25, 0.3) is 0 Å².